The predicted octanol–water partition coefficient (Wildman–Crippen LogP) is 5.18. The first-order chi connectivity index (χ1) is 11.9. The molecule has 4 heteroatoms. The minimum absolute atomic E-state index is 0.278. The molecule has 0 aromatic heterocycles. The van der Waals surface area contributed by atoms with E-state index in [4.69, 9.17) is 9.47 Å². The molecule has 0 aliphatic heterocycles. The summed E-state index contributed by atoms with van der Waals surface area (Å²) < 4.78 is 11.5. The van der Waals surface area contributed by atoms with Crippen molar-refractivity contribution < 1.29 is 19.1 Å². The maximum Gasteiger partial charge on any atom is 0.338 e. The van der Waals surface area contributed by atoms with Gasteiger partial charge in [-0.15, -0.1) is 0 Å². The van der Waals surface area contributed by atoms with Crippen LogP contribution in [0.2, 0.25) is 0 Å². The zero-order valence-corrected chi connectivity index (χ0v) is 17.0. The van der Waals surface area contributed by atoms with Crippen LogP contribution in [0, 0.1) is 10.8 Å². The van der Waals surface area contributed by atoms with Crippen molar-refractivity contribution in [1.29, 1.82) is 0 Å². The van der Waals surface area contributed by atoms with Crippen molar-refractivity contribution in [3.63, 3.8) is 0 Å². The van der Waals surface area contributed by atoms with Gasteiger partial charge in [-0.25, -0.2) is 9.59 Å². The van der Waals surface area contributed by atoms with Gasteiger partial charge < -0.3 is 9.47 Å². The van der Waals surface area contributed by atoms with Crippen LogP contribution < -0.4 is 0 Å². The van der Waals surface area contributed by atoms with E-state index in [2.05, 4.69) is 0 Å². The second kappa shape index (κ2) is 9.02. The number of hydrogen-bond donors (Lipinski definition) is 0. The number of benzene rings is 1. The zero-order valence-electron chi connectivity index (χ0n) is 17.0. The highest BCUT2D eigenvalue weighted by Gasteiger charge is 2.37. The molecule has 0 heterocycles. The monoisotopic (exact) mass is 360 g/mol. The third kappa shape index (κ3) is 7.03. The molecule has 144 valence electrons. The number of esters is 2. The Labute approximate surface area is 157 Å². The number of rotatable bonds is 6. The highest BCUT2D eigenvalue weighted by Crippen LogP contribution is 2.33. The van der Waals surface area contributed by atoms with E-state index in [-0.39, 0.29) is 28.9 Å². The summed E-state index contributed by atoms with van der Waals surface area (Å²) in [5.41, 5.74) is -0.0548. The molecule has 1 rings (SSSR count). The molecule has 2 unspecified atom stereocenters. The van der Waals surface area contributed by atoms with Crippen molar-refractivity contribution in [2.45, 2.75) is 67.1 Å². The van der Waals surface area contributed by atoms with Crippen LogP contribution in [0.1, 0.15) is 65.2 Å². The van der Waals surface area contributed by atoms with Crippen LogP contribution in [0.3, 0.4) is 0 Å². The van der Waals surface area contributed by atoms with Gasteiger partial charge in [0.25, 0.3) is 0 Å². The second-order valence-electron chi connectivity index (χ2n) is 8.65. The molecule has 1 aromatic carbocycles. The van der Waals surface area contributed by atoms with E-state index in [9.17, 15) is 9.59 Å². The van der Waals surface area contributed by atoms with Crippen LogP contribution in [0.25, 0.3) is 0 Å². The van der Waals surface area contributed by atoms with Crippen molar-refractivity contribution >= 4 is 11.9 Å². The predicted molar refractivity (Wildman–Crippen MR) is 104 cm³/mol. The fourth-order valence-corrected chi connectivity index (χ4v) is 2.44. The lowest BCUT2D eigenvalue weighted by Crippen LogP contribution is -2.41. The molecule has 26 heavy (non-hydrogen) atoms. The molecular weight excluding hydrogens is 328 g/mol. The van der Waals surface area contributed by atoms with Crippen LogP contribution in [0.5, 0.6) is 0 Å². The molecule has 0 saturated carbocycles. The van der Waals surface area contributed by atoms with Crippen molar-refractivity contribution in [1.82, 2.24) is 0 Å². The van der Waals surface area contributed by atoms with Gasteiger partial charge in [-0.1, -0.05) is 65.8 Å². The van der Waals surface area contributed by atoms with E-state index in [0.29, 0.717) is 12.0 Å². The molecule has 1 aromatic rings. The number of hydrogen-bond acceptors (Lipinski definition) is 4. The molecule has 0 aliphatic carbocycles. The third-order valence-corrected chi connectivity index (χ3v) is 4.18. The Morgan fingerprint density at radius 3 is 1.88 bits per heavy atom. The summed E-state index contributed by atoms with van der Waals surface area (Å²) in [6.45, 7) is 13.9. The quantitative estimate of drug-likeness (QED) is 0.518. The summed E-state index contributed by atoms with van der Waals surface area (Å²) in [4.78, 5) is 24.5. The highest BCUT2D eigenvalue weighted by atomic mass is 16.6. The Morgan fingerprint density at radius 2 is 1.42 bits per heavy atom. The topological polar surface area (TPSA) is 52.6 Å². The maximum atomic E-state index is 12.5. The van der Waals surface area contributed by atoms with Gasteiger partial charge in [0, 0.05) is 12.5 Å². The van der Waals surface area contributed by atoms with Crippen LogP contribution in [-0.2, 0) is 14.3 Å². The van der Waals surface area contributed by atoms with Crippen molar-refractivity contribution in [2.24, 2.45) is 10.8 Å². The van der Waals surface area contributed by atoms with Crippen LogP contribution in [0.15, 0.2) is 42.5 Å². The first-order valence-electron chi connectivity index (χ1n) is 9.04. The summed E-state index contributed by atoms with van der Waals surface area (Å²) >= 11 is 0. The first-order valence-corrected chi connectivity index (χ1v) is 9.04. The zero-order chi connectivity index (χ0) is 20.0. The Morgan fingerprint density at radius 1 is 0.923 bits per heavy atom. The average Bonchev–Trinajstić information content (AvgIpc) is 2.52. The van der Waals surface area contributed by atoms with Crippen LogP contribution in [-0.4, -0.2) is 24.1 Å². The van der Waals surface area contributed by atoms with E-state index >= 15 is 0 Å². The number of carbonyl (C=O) groups is 2. The van der Waals surface area contributed by atoms with Gasteiger partial charge in [-0.3, -0.25) is 0 Å². The molecule has 4 nitrogen and oxygen atoms in total. The number of allylic oxidation sites excluding steroid dienone is 1. The van der Waals surface area contributed by atoms with Crippen LogP contribution in [0.4, 0.5) is 0 Å². The minimum atomic E-state index is -0.391. The van der Waals surface area contributed by atoms with Crippen molar-refractivity contribution in [3.8, 4) is 0 Å². The molecular formula is C22H32O4. The lowest BCUT2D eigenvalue weighted by molar-refractivity contribution is -0.152. The Balaban J connectivity index is 2.99. The molecule has 0 N–H and O–H groups in total. The molecule has 0 saturated heterocycles. The largest absolute Gasteiger partial charge is 0.459 e. The first kappa shape index (κ1) is 21.9. The standard InChI is InChI=1S/C22H32O4/c1-8-12-19(23)25-17(21(2,3)4)15-18(22(5,6)7)26-20(24)16-13-10-9-11-14-16/h8-14,17-18H,15H2,1-7H3/b12-8+. The van der Waals surface area contributed by atoms with E-state index in [1.807, 2.05) is 47.6 Å². The summed E-state index contributed by atoms with van der Waals surface area (Å²) in [5, 5.41) is 0. The molecule has 0 amide bonds. The average molecular weight is 360 g/mol. The van der Waals surface area contributed by atoms with Gasteiger partial charge >= 0.3 is 11.9 Å². The summed E-state index contributed by atoms with van der Waals surface area (Å²) in [6.07, 6.45) is 2.73. The molecule has 0 radical (unpaired) electrons. The maximum absolute atomic E-state index is 12.5. The van der Waals surface area contributed by atoms with E-state index < -0.39 is 6.10 Å². The molecule has 0 aliphatic rings. The SMILES string of the molecule is C/C=C/C(=O)OC(CC(OC(=O)c1ccccc1)C(C)(C)C)C(C)(C)C. The Bertz CT molecular complexity index is 618. The molecule has 0 bridgehead atoms. The lowest BCUT2D eigenvalue weighted by Gasteiger charge is -2.37. The van der Waals surface area contributed by atoms with Gasteiger partial charge in [0.05, 0.1) is 5.56 Å². The normalized spacial score (nSPS) is 14.7. The van der Waals surface area contributed by atoms with Gasteiger partial charge in [0.2, 0.25) is 0 Å². The molecule has 2 atom stereocenters. The van der Waals surface area contributed by atoms with Gasteiger partial charge in [-0.05, 0) is 29.9 Å². The molecule has 0 spiro atoms. The van der Waals surface area contributed by atoms with E-state index in [1.165, 1.54) is 6.08 Å². The number of carbonyl (C=O) groups excluding carboxylic acids is 2. The minimum Gasteiger partial charge on any atom is -0.459 e. The Kier molecular flexibility index (Phi) is 7.61. The van der Waals surface area contributed by atoms with E-state index in [1.54, 1.807) is 37.3 Å². The highest BCUT2D eigenvalue weighted by molar-refractivity contribution is 5.89. The Hall–Kier alpha value is -2.10. The fourth-order valence-electron chi connectivity index (χ4n) is 2.44. The molecule has 0 fully saturated rings. The third-order valence-electron chi connectivity index (χ3n) is 4.18. The van der Waals surface area contributed by atoms with E-state index in [0.717, 1.165) is 0 Å². The smallest absolute Gasteiger partial charge is 0.338 e. The van der Waals surface area contributed by atoms with Gasteiger partial charge in [0.15, 0.2) is 0 Å². The van der Waals surface area contributed by atoms with Crippen molar-refractivity contribution in [3.05, 3.63) is 48.0 Å². The summed E-state index contributed by atoms with van der Waals surface area (Å²) in [6, 6.07) is 8.93. The van der Waals surface area contributed by atoms with Crippen molar-refractivity contribution in [2.75, 3.05) is 0 Å². The van der Waals surface area contributed by atoms with Gasteiger partial charge in [-0.2, -0.15) is 0 Å². The van der Waals surface area contributed by atoms with Crippen LogP contribution >= 0.6 is 0 Å². The number of ether oxygens (including phenoxy) is 2. The lowest BCUT2D eigenvalue weighted by atomic mass is 9.79. The second-order valence-corrected chi connectivity index (χ2v) is 8.65. The summed E-state index contributed by atoms with van der Waals surface area (Å²) in [7, 11) is 0. The van der Waals surface area contributed by atoms with Gasteiger partial charge in [0.1, 0.15) is 12.2 Å². The summed E-state index contributed by atoms with van der Waals surface area (Å²) in [5.74, 6) is -0.743. The fraction of sp³-hybridized carbons (Fsp3) is 0.545.